The molecule has 0 aliphatic rings. The first-order valence-electron chi connectivity index (χ1n) is 6.64. The zero-order valence-corrected chi connectivity index (χ0v) is 12.9. The summed E-state index contributed by atoms with van der Waals surface area (Å²) in [4.78, 5) is 11.7. The van der Waals surface area contributed by atoms with Gasteiger partial charge >= 0.3 is 0 Å². The van der Waals surface area contributed by atoms with E-state index in [4.69, 9.17) is 9.26 Å². The molecular formula is C15H18N2O3S. The molecule has 1 heterocycles. The number of carbonyl (C=O) groups is 1. The monoisotopic (exact) mass is 306 g/mol. The highest BCUT2D eigenvalue weighted by atomic mass is 32.2. The van der Waals surface area contributed by atoms with E-state index in [0.29, 0.717) is 23.9 Å². The third-order valence-electron chi connectivity index (χ3n) is 2.71. The minimum Gasteiger partial charge on any atom is -0.492 e. The Morgan fingerprint density at radius 1 is 1.38 bits per heavy atom. The smallest absolute Gasteiger partial charge is 0.235 e. The van der Waals surface area contributed by atoms with Gasteiger partial charge in [-0.2, -0.15) is 0 Å². The van der Waals surface area contributed by atoms with Crippen molar-refractivity contribution in [2.75, 3.05) is 23.4 Å². The van der Waals surface area contributed by atoms with Crippen LogP contribution in [0.4, 0.5) is 5.82 Å². The molecule has 0 saturated carbocycles. The van der Waals surface area contributed by atoms with Gasteiger partial charge in [0.15, 0.2) is 5.82 Å². The number of ether oxygens (including phenoxy) is 1. The topological polar surface area (TPSA) is 64.4 Å². The zero-order valence-electron chi connectivity index (χ0n) is 12.1. The van der Waals surface area contributed by atoms with E-state index < -0.39 is 0 Å². The van der Waals surface area contributed by atoms with E-state index in [1.807, 2.05) is 31.2 Å². The molecule has 112 valence electrons. The number of aryl methyl sites for hydroxylation is 2. The van der Waals surface area contributed by atoms with Gasteiger partial charge in [0.25, 0.3) is 0 Å². The minimum absolute atomic E-state index is 0.0933. The number of aromatic nitrogens is 1. The lowest BCUT2D eigenvalue weighted by Gasteiger charge is -2.08. The number of nitrogens with zero attached hydrogens (tertiary/aromatic N) is 1. The lowest BCUT2D eigenvalue weighted by atomic mass is 10.2. The van der Waals surface area contributed by atoms with Crippen LogP contribution >= 0.6 is 11.8 Å². The third-order valence-corrected chi connectivity index (χ3v) is 3.63. The van der Waals surface area contributed by atoms with E-state index in [9.17, 15) is 4.79 Å². The molecule has 0 unspecified atom stereocenters. The molecule has 1 aromatic carbocycles. The summed E-state index contributed by atoms with van der Waals surface area (Å²) in [6.45, 7) is 4.36. The predicted octanol–water partition coefficient (Wildman–Crippen LogP) is 3.04. The second kappa shape index (κ2) is 7.73. The van der Waals surface area contributed by atoms with Crippen LogP contribution in [0.1, 0.15) is 11.3 Å². The van der Waals surface area contributed by atoms with E-state index in [1.165, 1.54) is 11.8 Å². The van der Waals surface area contributed by atoms with E-state index in [0.717, 1.165) is 17.1 Å². The largest absolute Gasteiger partial charge is 0.492 e. The summed E-state index contributed by atoms with van der Waals surface area (Å²) >= 11 is 1.52. The van der Waals surface area contributed by atoms with Gasteiger partial charge in [0.1, 0.15) is 11.5 Å². The second-order valence-corrected chi connectivity index (χ2v) is 5.64. The maximum atomic E-state index is 11.7. The number of carbonyl (C=O) groups excluding carboxylic acids is 1. The number of hydrogen-bond acceptors (Lipinski definition) is 5. The highest BCUT2D eigenvalue weighted by molar-refractivity contribution is 7.99. The van der Waals surface area contributed by atoms with Crippen LogP contribution in [0.3, 0.4) is 0 Å². The fourth-order valence-corrected chi connectivity index (χ4v) is 2.30. The fourth-order valence-electron chi connectivity index (χ4n) is 1.70. The molecule has 1 N–H and O–H groups in total. The first kappa shape index (κ1) is 15.4. The summed E-state index contributed by atoms with van der Waals surface area (Å²) in [6.07, 6.45) is 0. The molecule has 2 aromatic rings. The zero-order chi connectivity index (χ0) is 15.1. The molecule has 0 fully saturated rings. The molecule has 0 spiro atoms. The molecule has 1 aromatic heterocycles. The molecule has 5 nitrogen and oxygen atoms in total. The summed E-state index contributed by atoms with van der Waals surface area (Å²) in [7, 11) is 0. The molecule has 0 aliphatic heterocycles. The van der Waals surface area contributed by atoms with E-state index in [-0.39, 0.29) is 5.91 Å². The summed E-state index contributed by atoms with van der Waals surface area (Å²) in [6, 6.07) is 9.56. The van der Waals surface area contributed by atoms with E-state index in [2.05, 4.69) is 10.5 Å². The first-order valence-corrected chi connectivity index (χ1v) is 7.80. The number of benzene rings is 1. The van der Waals surface area contributed by atoms with Crippen LogP contribution in [-0.2, 0) is 4.79 Å². The van der Waals surface area contributed by atoms with Crippen molar-refractivity contribution < 1.29 is 14.1 Å². The van der Waals surface area contributed by atoms with E-state index in [1.54, 1.807) is 13.0 Å². The lowest BCUT2D eigenvalue weighted by Crippen LogP contribution is -2.15. The van der Waals surface area contributed by atoms with Crippen LogP contribution < -0.4 is 10.1 Å². The summed E-state index contributed by atoms with van der Waals surface area (Å²) in [5.74, 6) is 3.03. The predicted molar refractivity (Wildman–Crippen MR) is 83.9 cm³/mol. The van der Waals surface area contributed by atoms with Crippen LogP contribution in [0.2, 0.25) is 0 Å². The Hall–Kier alpha value is -1.95. The maximum Gasteiger partial charge on any atom is 0.235 e. The summed E-state index contributed by atoms with van der Waals surface area (Å²) < 4.78 is 10.5. The lowest BCUT2D eigenvalue weighted by molar-refractivity contribution is -0.113. The Kier molecular flexibility index (Phi) is 5.68. The number of anilines is 1. The fraction of sp³-hybridized carbons (Fsp3) is 0.333. The molecule has 0 saturated heterocycles. The number of rotatable bonds is 7. The Morgan fingerprint density at radius 2 is 2.19 bits per heavy atom. The SMILES string of the molecule is Cc1cc(NC(=O)CSCCOc2ccccc2C)no1. The molecule has 21 heavy (non-hydrogen) atoms. The average Bonchev–Trinajstić information content (AvgIpc) is 2.85. The van der Waals surface area contributed by atoms with Crippen LogP contribution in [0, 0.1) is 13.8 Å². The first-order chi connectivity index (χ1) is 10.1. The number of para-hydroxylation sites is 1. The van der Waals surface area contributed by atoms with Gasteiger partial charge in [-0.15, -0.1) is 11.8 Å². The summed E-state index contributed by atoms with van der Waals surface area (Å²) in [5, 5.41) is 6.38. The van der Waals surface area contributed by atoms with E-state index >= 15 is 0 Å². The Balaban J connectivity index is 1.61. The molecule has 6 heteroatoms. The molecular weight excluding hydrogens is 288 g/mol. The molecule has 0 aliphatic carbocycles. The number of hydrogen-bond donors (Lipinski definition) is 1. The third kappa shape index (κ3) is 5.15. The molecule has 0 bridgehead atoms. The van der Waals surface area contributed by atoms with Crippen LogP contribution in [-0.4, -0.2) is 29.2 Å². The van der Waals surface area contributed by atoms with Crippen LogP contribution in [0.25, 0.3) is 0 Å². The van der Waals surface area contributed by atoms with Gasteiger partial charge in [0.05, 0.1) is 12.4 Å². The highest BCUT2D eigenvalue weighted by Gasteiger charge is 2.06. The van der Waals surface area contributed by atoms with Gasteiger partial charge in [0.2, 0.25) is 5.91 Å². The van der Waals surface area contributed by atoms with Gasteiger partial charge < -0.3 is 14.6 Å². The van der Waals surface area contributed by atoms with Gasteiger partial charge in [-0.1, -0.05) is 23.4 Å². The van der Waals surface area contributed by atoms with Gasteiger partial charge in [-0.05, 0) is 25.5 Å². The van der Waals surface area contributed by atoms with Crippen molar-refractivity contribution in [2.24, 2.45) is 0 Å². The molecule has 0 radical (unpaired) electrons. The van der Waals surface area contributed by atoms with Crippen molar-refractivity contribution in [3.63, 3.8) is 0 Å². The van der Waals surface area contributed by atoms with Gasteiger partial charge in [0, 0.05) is 11.8 Å². The standard InChI is InChI=1S/C15H18N2O3S/c1-11-5-3-4-6-13(11)19-7-8-21-10-15(18)16-14-9-12(2)20-17-14/h3-6,9H,7-8,10H2,1-2H3,(H,16,17,18). The van der Waals surface area contributed by atoms with Crippen molar-refractivity contribution >= 4 is 23.5 Å². The Bertz CT molecular complexity index is 598. The average molecular weight is 306 g/mol. The van der Waals surface area contributed by atoms with Crippen molar-refractivity contribution in [3.05, 3.63) is 41.7 Å². The van der Waals surface area contributed by atoms with Gasteiger partial charge in [-0.25, -0.2) is 0 Å². The number of thioether (sulfide) groups is 1. The minimum atomic E-state index is -0.0933. The highest BCUT2D eigenvalue weighted by Crippen LogP contribution is 2.16. The van der Waals surface area contributed by atoms with Gasteiger partial charge in [-0.3, -0.25) is 4.79 Å². The maximum absolute atomic E-state index is 11.7. The number of amides is 1. The normalized spacial score (nSPS) is 10.4. The van der Waals surface area contributed by atoms with Crippen molar-refractivity contribution in [1.82, 2.24) is 5.16 Å². The number of nitrogens with one attached hydrogen (secondary N) is 1. The van der Waals surface area contributed by atoms with Crippen molar-refractivity contribution in [3.8, 4) is 5.75 Å². The molecule has 0 atom stereocenters. The summed E-state index contributed by atoms with van der Waals surface area (Å²) in [5.41, 5.74) is 1.11. The molecule has 2 rings (SSSR count). The Morgan fingerprint density at radius 3 is 2.90 bits per heavy atom. The molecule has 1 amide bonds. The van der Waals surface area contributed by atoms with Crippen molar-refractivity contribution in [2.45, 2.75) is 13.8 Å². The Labute approximate surface area is 128 Å². The van der Waals surface area contributed by atoms with Crippen LogP contribution in [0.5, 0.6) is 5.75 Å². The quantitative estimate of drug-likeness (QED) is 0.797. The second-order valence-electron chi connectivity index (χ2n) is 4.54. The van der Waals surface area contributed by atoms with Crippen molar-refractivity contribution in [1.29, 1.82) is 0 Å². The van der Waals surface area contributed by atoms with Crippen LogP contribution in [0.15, 0.2) is 34.9 Å².